The molecule has 0 spiro atoms. The second-order valence-electron chi connectivity index (χ2n) is 5.03. The average Bonchev–Trinajstić information content (AvgIpc) is 3.02. The molecule has 0 aromatic heterocycles. The fraction of sp³-hybridized carbons (Fsp3) is 0.125. The van der Waals surface area contributed by atoms with E-state index < -0.39 is 17.5 Å². The van der Waals surface area contributed by atoms with Crippen LogP contribution >= 0.6 is 11.6 Å². The Balaban J connectivity index is 2.01. The summed E-state index contributed by atoms with van der Waals surface area (Å²) in [5, 5.41) is 12.4. The fourth-order valence-electron chi connectivity index (χ4n) is 2.50. The molecule has 0 fully saturated rings. The van der Waals surface area contributed by atoms with Crippen LogP contribution in [0.1, 0.15) is 16.7 Å². The van der Waals surface area contributed by atoms with Crippen molar-refractivity contribution in [1.82, 2.24) is 0 Å². The van der Waals surface area contributed by atoms with Crippen molar-refractivity contribution in [3.05, 3.63) is 63.4 Å². The van der Waals surface area contributed by atoms with Crippen LogP contribution in [-0.2, 0) is 12.8 Å². The number of rotatable bonds is 3. The lowest BCUT2D eigenvalue weighted by Gasteiger charge is -2.11. The summed E-state index contributed by atoms with van der Waals surface area (Å²) in [7, 11) is 0. The van der Waals surface area contributed by atoms with Gasteiger partial charge in [0.1, 0.15) is 11.5 Å². The zero-order valence-corrected chi connectivity index (χ0v) is 12.4. The summed E-state index contributed by atoms with van der Waals surface area (Å²) in [4.78, 5) is 3.82. The number of halogens is 4. The highest BCUT2D eigenvalue weighted by Crippen LogP contribution is 2.33. The van der Waals surface area contributed by atoms with Crippen LogP contribution in [0.2, 0.25) is 5.02 Å². The van der Waals surface area contributed by atoms with Crippen LogP contribution < -0.4 is 0 Å². The average molecular weight is 339 g/mol. The van der Waals surface area contributed by atoms with Gasteiger partial charge in [0.2, 0.25) is 0 Å². The van der Waals surface area contributed by atoms with E-state index in [1.807, 2.05) is 0 Å². The molecule has 0 aliphatic carbocycles. The molecule has 23 heavy (non-hydrogen) atoms. The molecule has 118 valence electrons. The first-order chi connectivity index (χ1) is 11.0. The van der Waals surface area contributed by atoms with Crippen LogP contribution in [0.5, 0.6) is 0 Å². The molecule has 2 aromatic rings. The molecule has 3 rings (SSSR count). The van der Waals surface area contributed by atoms with Gasteiger partial charge in [-0.2, -0.15) is 0 Å². The van der Waals surface area contributed by atoms with Crippen molar-refractivity contribution in [3.63, 3.8) is 0 Å². The number of oxime groups is 1. The van der Waals surface area contributed by atoms with Crippen LogP contribution in [0.4, 0.5) is 18.9 Å². The lowest BCUT2D eigenvalue weighted by molar-refractivity contribution is 0.318. The van der Waals surface area contributed by atoms with Gasteiger partial charge in [0.15, 0.2) is 11.6 Å². The van der Waals surface area contributed by atoms with E-state index in [0.29, 0.717) is 17.5 Å². The molecular weight excluding hydrogens is 329 g/mol. The minimum Gasteiger partial charge on any atom is -0.411 e. The Morgan fingerprint density at radius 3 is 2.70 bits per heavy atom. The maximum absolute atomic E-state index is 13.7. The molecule has 1 heterocycles. The summed E-state index contributed by atoms with van der Waals surface area (Å²) in [6.45, 7) is 0. The third-order valence-electron chi connectivity index (χ3n) is 3.60. The van der Waals surface area contributed by atoms with E-state index in [0.717, 1.165) is 6.07 Å². The van der Waals surface area contributed by atoms with Gasteiger partial charge in [-0.15, -0.1) is 0 Å². The van der Waals surface area contributed by atoms with Crippen LogP contribution in [0, 0.1) is 17.5 Å². The van der Waals surface area contributed by atoms with E-state index in [-0.39, 0.29) is 28.4 Å². The Bertz CT molecular complexity index is 850. The van der Waals surface area contributed by atoms with Gasteiger partial charge < -0.3 is 5.21 Å². The van der Waals surface area contributed by atoms with Gasteiger partial charge in [0.25, 0.3) is 0 Å². The maximum atomic E-state index is 13.7. The highest BCUT2D eigenvalue weighted by Gasteiger charge is 2.23. The largest absolute Gasteiger partial charge is 0.411 e. The van der Waals surface area contributed by atoms with E-state index in [1.54, 1.807) is 0 Å². The molecular formula is C16H10ClF3N2O. The third kappa shape index (κ3) is 2.82. The van der Waals surface area contributed by atoms with Gasteiger partial charge >= 0.3 is 0 Å². The third-order valence-corrected chi connectivity index (χ3v) is 3.89. The normalized spacial score (nSPS) is 13.5. The van der Waals surface area contributed by atoms with Crippen molar-refractivity contribution in [3.8, 4) is 0 Å². The predicted octanol–water partition coefficient (Wildman–Crippen LogP) is 4.44. The van der Waals surface area contributed by atoms with Crippen molar-refractivity contribution in [1.29, 1.82) is 0 Å². The van der Waals surface area contributed by atoms with Crippen molar-refractivity contribution in [2.75, 3.05) is 0 Å². The molecule has 0 unspecified atom stereocenters. The Morgan fingerprint density at radius 2 is 2.00 bits per heavy atom. The molecule has 1 aliphatic rings. The highest BCUT2D eigenvalue weighted by atomic mass is 35.5. The minimum absolute atomic E-state index is 0.0707. The van der Waals surface area contributed by atoms with E-state index in [9.17, 15) is 18.4 Å². The van der Waals surface area contributed by atoms with Gasteiger partial charge in [0.05, 0.1) is 10.7 Å². The zero-order chi connectivity index (χ0) is 16.6. The number of fused-ring (bicyclic) bond motifs is 1. The van der Waals surface area contributed by atoms with Gasteiger partial charge in [0, 0.05) is 24.6 Å². The summed E-state index contributed by atoms with van der Waals surface area (Å²) >= 11 is 5.72. The smallest absolute Gasteiger partial charge is 0.184 e. The van der Waals surface area contributed by atoms with Crippen molar-refractivity contribution in [2.45, 2.75) is 12.8 Å². The number of aliphatic imine (C=N–C) groups is 1. The van der Waals surface area contributed by atoms with Gasteiger partial charge in [-0.1, -0.05) is 22.8 Å². The van der Waals surface area contributed by atoms with Gasteiger partial charge in [-0.05, 0) is 29.3 Å². The number of hydrogen-bond acceptors (Lipinski definition) is 3. The molecule has 0 atom stereocenters. The van der Waals surface area contributed by atoms with Crippen molar-refractivity contribution in [2.24, 2.45) is 10.1 Å². The molecule has 7 heteroatoms. The lowest BCUT2D eigenvalue weighted by Crippen LogP contribution is -2.10. The summed E-state index contributed by atoms with van der Waals surface area (Å²) < 4.78 is 40.7. The van der Waals surface area contributed by atoms with Crippen LogP contribution in [0.3, 0.4) is 0 Å². The molecule has 1 aliphatic heterocycles. The summed E-state index contributed by atoms with van der Waals surface area (Å²) in [6, 6.07) is 5.02. The van der Waals surface area contributed by atoms with Crippen LogP contribution in [0.25, 0.3) is 0 Å². The van der Waals surface area contributed by atoms with E-state index in [1.165, 1.54) is 24.4 Å². The lowest BCUT2D eigenvalue weighted by atomic mass is 9.95. The Kier molecular flexibility index (Phi) is 4.09. The minimum atomic E-state index is -1.07. The molecule has 0 bridgehead atoms. The second kappa shape index (κ2) is 6.04. The van der Waals surface area contributed by atoms with Gasteiger partial charge in [-0.3, -0.25) is 4.99 Å². The first-order valence-electron chi connectivity index (χ1n) is 6.70. The molecule has 1 N–H and O–H groups in total. The van der Waals surface area contributed by atoms with Crippen molar-refractivity contribution < 1.29 is 18.4 Å². The van der Waals surface area contributed by atoms with Crippen LogP contribution in [0.15, 0.2) is 34.4 Å². The summed E-state index contributed by atoms with van der Waals surface area (Å²) in [5.41, 5.74) is 1.32. The predicted molar refractivity (Wildman–Crippen MR) is 81.7 cm³/mol. The number of hydrogen-bond donors (Lipinski definition) is 1. The molecule has 0 radical (unpaired) electrons. The standard InChI is InChI=1S/C16H10ClF3N2O/c17-11-5-8(1-2-12(11)18)6-14(22-23)10-7-13(19)15(20)16-9(10)3-4-21-16/h1-2,4-5,7,23H,3,6H2/b22-14+. The molecule has 0 amide bonds. The first kappa shape index (κ1) is 15.6. The summed E-state index contributed by atoms with van der Waals surface area (Å²) in [6.07, 6.45) is 1.85. The van der Waals surface area contributed by atoms with E-state index in [2.05, 4.69) is 10.1 Å². The number of nitrogens with zero attached hydrogens (tertiary/aromatic N) is 2. The van der Waals surface area contributed by atoms with Gasteiger partial charge in [-0.25, -0.2) is 13.2 Å². The molecule has 0 saturated heterocycles. The van der Waals surface area contributed by atoms with Crippen molar-refractivity contribution >= 4 is 29.2 Å². The fourth-order valence-corrected chi connectivity index (χ4v) is 2.71. The monoisotopic (exact) mass is 338 g/mol. The van der Waals surface area contributed by atoms with Crippen LogP contribution in [-0.4, -0.2) is 17.1 Å². The van der Waals surface area contributed by atoms with E-state index >= 15 is 0 Å². The Hall–Kier alpha value is -2.34. The molecule has 0 saturated carbocycles. The summed E-state index contributed by atoms with van der Waals surface area (Å²) in [5.74, 6) is -2.67. The van der Waals surface area contributed by atoms with E-state index in [4.69, 9.17) is 11.6 Å². The quantitative estimate of drug-likeness (QED) is 0.502. The molecule has 2 aromatic carbocycles. The Labute approximate surface area is 134 Å². The first-order valence-corrected chi connectivity index (χ1v) is 7.07. The second-order valence-corrected chi connectivity index (χ2v) is 5.44. The zero-order valence-electron chi connectivity index (χ0n) is 11.7. The molecule has 3 nitrogen and oxygen atoms in total. The highest BCUT2D eigenvalue weighted by molar-refractivity contribution is 6.30. The Morgan fingerprint density at radius 1 is 1.22 bits per heavy atom. The maximum Gasteiger partial charge on any atom is 0.184 e. The number of benzene rings is 2. The topological polar surface area (TPSA) is 45.0 Å². The SMILES string of the molecule is O/N=C(\Cc1ccc(F)c(Cl)c1)c1cc(F)c(F)c2c1CC=N2.